The number of likely N-dealkylation sites (tertiary alicyclic amines) is 1. The molecular formula is C21H25NO2. The highest BCUT2D eigenvalue weighted by molar-refractivity contribution is 5.78. The van der Waals surface area contributed by atoms with Crippen LogP contribution < -0.4 is 0 Å². The second-order valence-electron chi connectivity index (χ2n) is 6.85. The number of carbonyl (C=O) groups excluding carboxylic acids is 1. The first-order chi connectivity index (χ1) is 11.6. The molecule has 1 fully saturated rings. The molecule has 1 amide bonds. The molecule has 0 radical (unpaired) electrons. The molecule has 0 saturated carbocycles. The van der Waals surface area contributed by atoms with Gasteiger partial charge in [0, 0.05) is 25.4 Å². The Morgan fingerprint density at radius 2 is 1.79 bits per heavy atom. The maximum absolute atomic E-state index is 12.8. The molecule has 24 heavy (non-hydrogen) atoms. The average Bonchev–Trinajstić information content (AvgIpc) is 2.61. The summed E-state index contributed by atoms with van der Waals surface area (Å²) in [7, 11) is 0. The van der Waals surface area contributed by atoms with Crippen LogP contribution in [0.25, 0.3) is 0 Å². The second-order valence-corrected chi connectivity index (χ2v) is 6.85. The third kappa shape index (κ3) is 3.97. The standard InChI is InChI=1S/C21H25NO2/c1-16-6-5-13-22(15-16)21(24)14-20(17-7-3-2-4-8-17)18-9-11-19(23)12-10-18/h2-4,7-12,16,20,23H,5-6,13-15H2,1H3. The maximum atomic E-state index is 12.8. The van der Waals surface area contributed by atoms with Gasteiger partial charge >= 0.3 is 0 Å². The summed E-state index contributed by atoms with van der Waals surface area (Å²) in [6.45, 7) is 3.96. The van der Waals surface area contributed by atoms with E-state index in [4.69, 9.17) is 0 Å². The SMILES string of the molecule is CC1CCCN(C(=O)CC(c2ccccc2)c2ccc(O)cc2)C1. The highest BCUT2D eigenvalue weighted by Crippen LogP contribution is 2.30. The first-order valence-electron chi connectivity index (χ1n) is 8.75. The molecule has 0 spiro atoms. The van der Waals surface area contributed by atoms with E-state index >= 15 is 0 Å². The van der Waals surface area contributed by atoms with Crippen molar-refractivity contribution in [2.45, 2.75) is 32.1 Å². The number of rotatable bonds is 4. The van der Waals surface area contributed by atoms with Crippen LogP contribution in [0.15, 0.2) is 54.6 Å². The van der Waals surface area contributed by atoms with Crippen molar-refractivity contribution in [2.24, 2.45) is 5.92 Å². The number of phenols is 1. The van der Waals surface area contributed by atoms with E-state index in [-0.39, 0.29) is 17.6 Å². The number of nitrogens with zero attached hydrogens (tertiary/aromatic N) is 1. The van der Waals surface area contributed by atoms with Crippen molar-refractivity contribution in [2.75, 3.05) is 13.1 Å². The van der Waals surface area contributed by atoms with Crippen LogP contribution in [0.2, 0.25) is 0 Å². The van der Waals surface area contributed by atoms with E-state index in [0.29, 0.717) is 12.3 Å². The van der Waals surface area contributed by atoms with Gasteiger partial charge in [-0.3, -0.25) is 4.79 Å². The Labute approximate surface area is 143 Å². The van der Waals surface area contributed by atoms with Gasteiger partial charge in [0.05, 0.1) is 0 Å². The predicted molar refractivity (Wildman–Crippen MR) is 96.0 cm³/mol. The van der Waals surface area contributed by atoms with Gasteiger partial charge in [-0.2, -0.15) is 0 Å². The summed E-state index contributed by atoms with van der Waals surface area (Å²) >= 11 is 0. The molecule has 1 N–H and O–H groups in total. The molecule has 2 atom stereocenters. The number of hydrogen-bond acceptors (Lipinski definition) is 2. The number of aromatic hydroxyl groups is 1. The van der Waals surface area contributed by atoms with Gasteiger partial charge in [0.2, 0.25) is 5.91 Å². The van der Waals surface area contributed by atoms with Crippen molar-refractivity contribution in [3.8, 4) is 5.75 Å². The lowest BCUT2D eigenvalue weighted by Crippen LogP contribution is -2.39. The van der Waals surface area contributed by atoms with E-state index < -0.39 is 0 Å². The topological polar surface area (TPSA) is 40.5 Å². The highest BCUT2D eigenvalue weighted by atomic mass is 16.3. The van der Waals surface area contributed by atoms with Crippen LogP contribution in [0.1, 0.15) is 43.2 Å². The fourth-order valence-corrected chi connectivity index (χ4v) is 3.54. The zero-order valence-corrected chi connectivity index (χ0v) is 14.2. The summed E-state index contributed by atoms with van der Waals surface area (Å²) in [6, 6.07) is 17.4. The Morgan fingerprint density at radius 1 is 1.12 bits per heavy atom. The van der Waals surface area contributed by atoms with Gasteiger partial charge in [0.1, 0.15) is 5.75 Å². The molecule has 2 aromatic carbocycles. The van der Waals surface area contributed by atoms with E-state index in [9.17, 15) is 9.90 Å². The average molecular weight is 323 g/mol. The summed E-state index contributed by atoms with van der Waals surface area (Å²) in [5.74, 6) is 1.09. The van der Waals surface area contributed by atoms with Crippen molar-refractivity contribution in [1.29, 1.82) is 0 Å². The van der Waals surface area contributed by atoms with E-state index in [1.54, 1.807) is 12.1 Å². The fourth-order valence-electron chi connectivity index (χ4n) is 3.54. The van der Waals surface area contributed by atoms with Crippen LogP contribution >= 0.6 is 0 Å². The van der Waals surface area contributed by atoms with Gasteiger partial charge in [-0.05, 0) is 42.0 Å². The van der Waals surface area contributed by atoms with Crippen molar-refractivity contribution in [3.05, 3.63) is 65.7 Å². The number of phenolic OH excluding ortho intramolecular Hbond substituents is 1. The highest BCUT2D eigenvalue weighted by Gasteiger charge is 2.25. The Kier molecular flexibility index (Phi) is 5.19. The quantitative estimate of drug-likeness (QED) is 0.917. The molecule has 0 aromatic heterocycles. The number of amides is 1. The van der Waals surface area contributed by atoms with E-state index in [0.717, 1.165) is 30.6 Å². The zero-order valence-electron chi connectivity index (χ0n) is 14.2. The predicted octanol–water partition coefficient (Wildman–Crippen LogP) is 4.17. The number of benzene rings is 2. The van der Waals surface area contributed by atoms with Crippen LogP contribution in [-0.2, 0) is 4.79 Å². The number of hydrogen-bond donors (Lipinski definition) is 1. The van der Waals surface area contributed by atoms with Crippen LogP contribution in [0, 0.1) is 5.92 Å². The van der Waals surface area contributed by atoms with Crippen LogP contribution in [-0.4, -0.2) is 29.0 Å². The van der Waals surface area contributed by atoms with Crippen LogP contribution in [0.5, 0.6) is 5.75 Å². The first-order valence-corrected chi connectivity index (χ1v) is 8.75. The molecule has 1 heterocycles. The van der Waals surface area contributed by atoms with Crippen LogP contribution in [0.4, 0.5) is 0 Å². The van der Waals surface area contributed by atoms with Gasteiger partial charge < -0.3 is 10.0 Å². The normalized spacial score (nSPS) is 19.0. The smallest absolute Gasteiger partial charge is 0.223 e. The first kappa shape index (κ1) is 16.6. The van der Waals surface area contributed by atoms with Crippen molar-refractivity contribution in [1.82, 2.24) is 4.90 Å². The molecule has 0 aliphatic carbocycles. The molecule has 1 saturated heterocycles. The Hall–Kier alpha value is -2.29. The molecule has 0 bridgehead atoms. The lowest BCUT2D eigenvalue weighted by Gasteiger charge is -2.32. The number of piperidine rings is 1. The molecular weight excluding hydrogens is 298 g/mol. The summed E-state index contributed by atoms with van der Waals surface area (Å²) < 4.78 is 0. The van der Waals surface area contributed by atoms with Crippen molar-refractivity contribution >= 4 is 5.91 Å². The minimum atomic E-state index is 0.0246. The summed E-state index contributed by atoms with van der Waals surface area (Å²) in [5, 5.41) is 9.55. The van der Waals surface area contributed by atoms with E-state index in [1.807, 2.05) is 35.2 Å². The molecule has 3 heteroatoms. The van der Waals surface area contributed by atoms with Gasteiger partial charge in [-0.15, -0.1) is 0 Å². The van der Waals surface area contributed by atoms with Crippen LogP contribution in [0.3, 0.4) is 0 Å². The summed E-state index contributed by atoms with van der Waals surface area (Å²) in [5.41, 5.74) is 2.21. The third-order valence-corrected chi connectivity index (χ3v) is 4.89. The minimum absolute atomic E-state index is 0.0246. The molecule has 2 unspecified atom stereocenters. The van der Waals surface area contributed by atoms with Gasteiger partial charge in [-0.1, -0.05) is 49.4 Å². The van der Waals surface area contributed by atoms with E-state index in [1.165, 1.54) is 6.42 Å². The molecule has 2 aromatic rings. The Balaban J connectivity index is 1.82. The maximum Gasteiger partial charge on any atom is 0.223 e. The van der Waals surface area contributed by atoms with Gasteiger partial charge in [-0.25, -0.2) is 0 Å². The lowest BCUT2D eigenvalue weighted by atomic mass is 9.87. The monoisotopic (exact) mass is 323 g/mol. The van der Waals surface area contributed by atoms with Crippen molar-refractivity contribution < 1.29 is 9.90 Å². The number of carbonyl (C=O) groups is 1. The Morgan fingerprint density at radius 3 is 2.46 bits per heavy atom. The minimum Gasteiger partial charge on any atom is -0.508 e. The zero-order chi connectivity index (χ0) is 16.9. The van der Waals surface area contributed by atoms with E-state index in [2.05, 4.69) is 19.1 Å². The van der Waals surface area contributed by atoms with Gasteiger partial charge in [0.15, 0.2) is 0 Å². The third-order valence-electron chi connectivity index (χ3n) is 4.89. The summed E-state index contributed by atoms with van der Waals surface area (Å²) in [6.07, 6.45) is 2.79. The molecule has 126 valence electrons. The lowest BCUT2D eigenvalue weighted by molar-refractivity contribution is -0.133. The van der Waals surface area contributed by atoms with Gasteiger partial charge in [0.25, 0.3) is 0 Å². The summed E-state index contributed by atoms with van der Waals surface area (Å²) in [4.78, 5) is 14.9. The molecule has 3 nitrogen and oxygen atoms in total. The fraction of sp³-hybridized carbons (Fsp3) is 0.381. The largest absolute Gasteiger partial charge is 0.508 e. The van der Waals surface area contributed by atoms with Crippen molar-refractivity contribution in [3.63, 3.8) is 0 Å². The molecule has 3 rings (SSSR count). The molecule has 1 aliphatic heterocycles. The molecule has 1 aliphatic rings. The second kappa shape index (κ2) is 7.52. The Bertz CT molecular complexity index is 666.